The van der Waals surface area contributed by atoms with E-state index in [-0.39, 0.29) is 11.9 Å². The highest BCUT2D eigenvalue weighted by atomic mass is 79.9. The molecule has 2 aromatic rings. The fraction of sp³-hybridized carbons (Fsp3) is 0.250. The van der Waals surface area contributed by atoms with Gasteiger partial charge in [0, 0.05) is 21.2 Å². The van der Waals surface area contributed by atoms with E-state index in [1.807, 2.05) is 0 Å². The van der Waals surface area contributed by atoms with Gasteiger partial charge in [-0.3, -0.25) is 11.3 Å². The Kier molecular flexibility index (Phi) is 6.23. The lowest BCUT2D eigenvalue weighted by atomic mass is 10.1. The minimum atomic E-state index is -0.239. The maximum Gasteiger partial charge on any atom is 0.124 e. The summed E-state index contributed by atoms with van der Waals surface area (Å²) in [6.07, 6.45) is 0.746. The first-order chi connectivity index (χ1) is 10.1. The van der Waals surface area contributed by atoms with Crippen LogP contribution in [0.4, 0.5) is 4.39 Å². The maximum atomic E-state index is 13.1. The molecule has 21 heavy (non-hydrogen) atoms. The molecule has 2 nitrogen and oxygen atoms in total. The molecule has 3 N–H and O–H groups in total. The van der Waals surface area contributed by atoms with E-state index in [0.29, 0.717) is 0 Å². The number of hydrogen-bond acceptors (Lipinski definition) is 3. The lowest BCUT2D eigenvalue weighted by molar-refractivity contribution is 0.572. The van der Waals surface area contributed by atoms with Gasteiger partial charge in [0.15, 0.2) is 0 Å². The van der Waals surface area contributed by atoms with Crippen LogP contribution >= 0.6 is 27.7 Å². The van der Waals surface area contributed by atoms with E-state index in [2.05, 4.69) is 52.5 Å². The number of rotatable bonds is 6. The Morgan fingerprint density at radius 1 is 1.29 bits per heavy atom. The van der Waals surface area contributed by atoms with Crippen LogP contribution < -0.4 is 11.3 Å². The van der Waals surface area contributed by atoms with Gasteiger partial charge in [-0.15, -0.1) is 11.8 Å². The Hall–Kier alpha value is -0.880. The second-order valence-electron chi connectivity index (χ2n) is 4.93. The molecule has 1 unspecified atom stereocenters. The number of nitrogens with two attached hydrogens (primary N) is 1. The molecule has 0 amide bonds. The molecule has 0 aliphatic heterocycles. The summed E-state index contributed by atoms with van der Waals surface area (Å²) in [5, 5.41) is 0. The van der Waals surface area contributed by atoms with Crippen molar-refractivity contribution < 1.29 is 4.39 Å². The second kappa shape index (κ2) is 7.94. The highest BCUT2D eigenvalue weighted by Crippen LogP contribution is 2.23. The van der Waals surface area contributed by atoms with Gasteiger partial charge in [-0.25, -0.2) is 4.39 Å². The van der Waals surface area contributed by atoms with Crippen LogP contribution in [0, 0.1) is 12.7 Å². The topological polar surface area (TPSA) is 38.0 Å². The molecule has 0 heterocycles. The Balaban J connectivity index is 1.97. The van der Waals surface area contributed by atoms with Crippen LogP contribution in [0.1, 0.15) is 11.1 Å². The van der Waals surface area contributed by atoms with Crippen molar-refractivity contribution in [3.05, 3.63) is 63.9 Å². The summed E-state index contributed by atoms with van der Waals surface area (Å²) in [6, 6.07) is 13.3. The first kappa shape index (κ1) is 16.5. The Bertz CT molecular complexity index is 607. The van der Waals surface area contributed by atoms with Crippen molar-refractivity contribution in [1.82, 2.24) is 5.43 Å². The van der Waals surface area contributed by atoms with E-state index in [9.17, 15) is 4.39 Å². The summed E-state index contributed by atoms with van der Waals surface area (Å²) < 4.78 is 13.9. The first-order valence-electron chi connectivity index (χ1n) is 6.68. The number of nitrogens with one attached hydrogen (secondary N) is 1. The van der Waals surface area contributed by atoms with E-state index >= 15 is 0 Å². The number of benzene rings is 2. The van der Waals surface area contributed by atoms with Gasteiger partial charge in [-0.1, -0.05) is 39.7 Å². The molecule has 0 saturated carbocycles. The molecule has 112 valence electrons. The average Bonchev–Trinajstić information content (AvgIpc) is 2.45. The summed E-state index contributed by atoms with van der Waals surface area (Å²) in [6.45, 7) is 2.08. The van der Waals surface area contributed by atoms with Crippen LogP contribution in [0.3, 0.4) is 0 Å². The van der Waals surface area contributed by atoms with Crippen LogP contribution in [0.2, 0.25) is 0 Å². The molecule has 0 aliphatic rings. The van der Waals surface area contributed by atoms with E-state index in [4.69, 9.17) is 5.84 Å². The molecule has 5 heteroatoms. The summed E-state index contributed by atoms with van der Waals surface area (Å²) in [5.41, 5.74) is 5.14. The fourth-order valence-corrected chi connectivity index (χ4v) is 3.59. The summed E-state index contributed by atoms with van der Waals surface area (Å²) >= 11 is 5.16. The van der Waals surface area contributed by atoms with Gasteiger partial charge in [0.25, 0.3) is 0 Å². The van der Waals surface area contributed by atoms with Gasteiger partial charge in [-0.05, 0) is 43.2 Å². The van der Waals surface area contributed by atoms with Crippen LogP contribution in [0.25, 0.3) is 0 Å². The Labute approximate surface area is 137 Å². The molecule has 0 bridgehead atoms. The lowest BCUT2D eigenvalue weighted by Gasteiger charge is -2.16. The molecule has 0 aliphatic carbocycles. The zero-order valence-electron chi connectivity index (χ0n) is 11.8. The average molecular weight is 369 g/mol. The first-order valence-corrected chi connectivity index (χ1v) is 8.46. The van der Waals surface area contributed by atoms with Crippen molar-refractivity contribution in [3.8, 4) is 0 Å². The summed E-state index contributed by atoms with van der Waals surface area (Å²) in [7, 11) is 0. The molecule has 0 fully saturated rings. The highest BCUT2D eigenvalue weighted by molar-refractivity contribution is 9.10. The molecular weight excluding hydrogens is 351 g/mol. The standard InChI is InChI=1S/C16H18BrFN2S/c1-11-3-2-4-15(7-11)21-10-14(20-19)8-12-5-6-13(18)9-16(12)17/h2-7,9,14,20H,8,10,19H2,1H3. The molecular formula is C16H18BrFN2S. The number of thioether (sulfide) groups is 1. The predicted molar refractivity (Wildman–Crippen MR) is 90.8 cm³/mol. The van der Waals surface area contributed by atoms with Gasteiger partial charge in [-0.2, -0.15) is 0 Å². The van der Waals surface area contributed by atoms with Crippen molar-refractivity contribution in [2.45, 2.75) is 24.3 Å². The van der Waals surface area contributed by atoms with Gasteiger partial charge in [0.1, 0.15) is 5.82 Å². The SMILES string of the molecule is Cc1cccc(SCC(Cc2ccc(F)cc2Br)NN)c1. The smallest absolute Gasteiger partial charge is 0.124 e. The third-order valence-electron chi connectivity index (χ3n) is 3.16. The third-order valence-corrected chi connectivity index (χ3v) is 5.05. The van der Waals surface area contributed by atoms with Crippen molar-refractivity contribution in [2.75, 3.05) is 5.75 Å². The lowest BCUT2D eigenvalue weighted by Crippen LogP contribution is -2.38. The summed E-state index contributed by atoms with van der Waals surface area (Å²) in [5.74, 6) is 6.25. The molecule has 0 spiro atoms. The van der Waals surface area contributed by atoms with Crippen molar-refractivity contribution in [3.63, 3.8) is 0 Å². The van der Waals surface area contributed by atoms with Crippen LogP contribution in [0.5, 0.6) is 0 Å². The molecule has 1 atom stereocenters. The minimum Gasteiger partial charge on any atom is -0.271 e. The van der Waals surface area contributed by atoms with Crippen molar-refractivity contribution >= 4 is 27.7 Å². The van der Waals surface area contributed by atoms with Crippen molar-refractivity contribution in [1.29, 1.82) is 0 Å². The Morgan fingerprint density at radius 3 is 2.76 bits per heavy atom. The van der Waals surface area contributed by atoms with Crippen LogP contribution in [-0.4, -0.2) is 11.8 Å². The number of aryl methyl sites for hydroxylation is 1. The normalized spacial score (nSPS) is 12.4. The Morgan fingerprint density at radius 2 is 2.10 bits per heavy atom. The molecule has 2 rings (SSSR count). The van der Waals surface area contributed by atoms with Gasteiger partial charge < -0.3 is 0 Å². The van der Waals surface area contributed by atoms with E-state index in [0.717, 1.165) is 22.2 Å². The fourth-order valence-electron chi connectivity index (χ4n) is 2.02. The summed E-state index contributed by atoms with van der Waals surface area (Å²) in [4.78, 5) is 1.23. The molecule has 0 aromatic heterocycles. The number of hydrazine groups is 1. The quantitative estimate of drug-likeness (QED) is 0.458. The van der Waals surface area contributed by atoms with E-state index in [1.165, 1.54) is 22.6 Å². The minimum absolute atomic E-state index is 0.122. The molecule has 2 aromatic carbocycles. The number of halogens is 2. The third kappa shape index (κ3) is 5.11. The van der Waals surface area contributed by atoms with E-state index < -0.39 is 0 Å². The maximum absolute atomic E-state index is 13.1. The zero-order chi connectivity index (χ0) is 15.2. The number of hydrogen-bond donors (Lipinski definition) is 2. The van der Waals surface area contributed by atoms with Gasteiger partial charge >= 0.3 is 0 Å². The van der Waals surface area contributed by atoms with Crippen molar-refractivity contribution in [2.24, 2.45) is 5.84 Å². The van der Waals surface area contributed by atoms with Crippen LogP contribution in [0.15, 0.2) is 51.8 Å². The predicted octanol–water partition coefficient (Wildman–Crippen LogP) is 4.06. The van der Waals surface area contributed by atoms with Gasteiger partial charge in [0.2, 0.25) is 0 Å². The molecule has 0 saturated heterocycles. The largest absolute Gasteiger partial charge is 0.271 e. The van der Waals surface area contributed by atoms with Gasteiger partial charge in [0.05, 0.1) is 0 Å². The van der Waals surface area contributed by atoms with E-state index in [1.54, 1.807) is 17.8 Å². The monoisotopic (exact) mass is 368 g/mol. The second-order valence-corrected chi connectivity index (χ2v) is 6.88. The highest BCUT2D eigenvalue weighted by Gasteiger charge is 2.11. The van der Waals surface area contributed by atoms with Crippen LogP contribution in [-0.2, 0) is 6.42 Å². The molecule has 0 radical (unpaired) electrons. The zero-order valence-corrected chi connectivity index (χ0v) is 14.2.